The maximum absolute atomic E-state index is 12.6. The summed E-state index contributed by atoms with van der Waals surface area (Å²) in [7, 11) is 0. The molecule has 2 aromatic carbocycles. The standard InChI is InChI=1S/C24H23N3O2S/c1-16(2)29-22-10-5-4-9-19(22)13-20(14-25)23(28)27-24-26-15-21(30-24)12-18-8-6-7-17(3)11-18/h4-11,13,15-16H,12H2,1-3H3,(H,26,27,28)/b20-13+. The molecule has 0 radical (unpaired) electrons. The highest BCUT2D eigenvalue weighted by Gasteiger charge is 2.14. The third-order valence-electron chi connectivity index (χ3n) is 4.18. The molecule has 3 aromatic rings. The van der Waals surface area contributed by atoms with E-state index in [0.717, 1.165) is 11.3 Å². The van der Waals surface area contributed by atoms with Crippen LogP contribution in [-0.4, -0.2) is 17.0 Å². The normalized spacial score (nSPS) is 11.2. The molecule has 0 unspecified atom stereocenters. The first-order valence-corrected chi connectivity index (χ1v) is 10.5. The Balaban J connectivity index is 1.73. The molecule has 0 fully saturated rings. The lowest BCUT2D eigenvalue weighted by Gasteiger charge is -2.12. The Hall–Kier alpha value is -3.43. The van der Waals surface area contributed by atoms with Crippen LogP contribution in [0.5, 0.6) is 5.75 Å². The molecule has 0 atom stereocenters. The van der Waals surface area contributed by atoms with Crippen molar-refractivity contribution in [2.24, 2.45) is 0 Å². The first-order valence-electron chi connectivity index (χ1n) is 9.63. The zero-order valence-corrected chi connectivity index (χ0v) is 18.0. The fraction of sp³-hybridized carbons (Fsp3) is 0.208. The molecule has 5 nitrogen and oxygen atoms in total. The number of benzene rings is 2. The van der Waals surface area contributed by atoms with Crippen molar-refractivity contribution in [2.45, 2.75) is 33.3 Å². The largest absolute Gasteiger partial charge is 0.490 e. The number of para-hydroxylation sites is 1. The minimum atomic E-state index is -0.492. The van der Waals surface area contributed by atoms with E-state index in [9.17, 15) is 10.1 Å². The molecule has 0 saturated heterocycles. The van der Waals surface area contributed by atoms with E-state index in [1.54, 1.807) is 6.20 Å². The molecule has 0 aliphatic heterocycles. The van der Waals surface area contributed by atoms with Gasteiger partial charge in [-0.2, -0.15) is 5.26 Å². The summed E-state index contributed by atoms with van der Waals surface area (Å²) in [5, 5.41) is 12.7. The second-order valence-electron chi connectivity index (χ2n) is 7.13. The Morgan fingerprint density at radius 3 is 2.80 bits per heavy atom. The molecule has 152 valence electrons. The predicted octanol–water partition coefficient (Wildman–Crippen LogP) is 5.38. The van der Waals surface area contributed by atoms with Gasteiger partial charge >= 0.3 is 0 Å². The highest BCUT2D eigenvalue weighted by Crippen LogP contribution is 2.24. The SMILES string of the molecule is Cc1cccc(Cc2cnc(NC(=O)/C(C#N)=C/c3ccccc3OC(C)C)s2)c1. The molecular weight excluding hydrogens is 394 g/mol. The van der Waals surface area contributed by atoms with Crippen molar-refractivity contribution in [3.05, 3.63) is 81.9 Å². The van der Waals surface area contributed by atoms with Crippen molar-refractivity contribution in [3.63, 3.8) is 0 Å². The predicted molar refractivity (Wildman–Crippen MR) is 121 cm³/mol. The van der Waals surface area contributed by atoms with Gasteiger partial charge in [0, 0.05) is 23.1 Å². The molecule has 0 spiro atoms. The molecule has 0 aliphatic rings. The quantitative estimate of drug-likeness (QED) is 0.414. The monoisotopic (exact) mass is 417 g/mol. The van der Waals surface area contributed by atoms with Crippen molar-refractivity contribution < 1.29 is 9.53 Å². The average molecular weight is 418 g/mol. The summed E-state index contributed by atoms with van der Waals surface area (Å²) in [6.45, 7) is 5.91. The number of aryl methyl sites for hydroxylation is 1. The van der Waals surface area contributed by atoms with Gasteiger partial charge in [0.2, 0.25) is 0 Å². The Labute approximate surface area is 180 Å². The van der Waals surface area contributed by atoms with Gasteiger partial charge in [0.15, 0.2) is 5.13 Å². The summed E-state index contributed by atoms with van der Waals surface area (Å²) in [6, 6.07) is 17.6. The summed E-state index contributed by atoms with van der Waals surface area (Å²) in [4.78, 5) is 17.9. The number of carbonyl (C=O) groups is 1. The van der Waals surface area contributed by atoms with Gasteiger partial charge in [-0.05, 0) is 38.5 Å². The van der Waals surface area contributed by atoms with Crippen molar-refractivity contribution in [3.8, 4) is 11.8 Å². The highest BCUT2D eigenvalue weighted by atomic mass is 32.1. The second-order valence-corrected chi connectivity index (χ2v) is 8.24. The minimum Gasteiger partial charge on any atom is -0.490 e. The van der Waals surface area contributed by atoms with Crippen LogP contribution in [0.3, 0.4) is 0 Å². The Morgan fingerprint density at radius 1 is 1.27 bits per heavy atom. The van der Waals surface area contributed by atoms with Gasteiger partial charge in [-0.1, -0.05) is 48.0 Å². The number of anilines is 1. The molecule has 0 bridgehead atoms. The first kappa shape index (κ1) is 21.3. The van der Waals surface area contributed by atoms with E-state index in [0.29, 0.717) is 16.4 Å². The van der Waals surface area contributed by atoms with Gasteiger partial charge in [-0.15, -0.1) is 11.3 Å². The lowest BCUT2D eigenvalue weighted by molar-refractivity contribution is -0.112. The second kappa shape index (κ2) is 9.86. The van der Waals surface area contributed by atoms with Gasteiger partial charge in [0.25, 0.3) is 5.91 Å². The fourth-order valence-electron chi connectivity index (χ4n) is 2.90. The van der Waals surface area contributed by atoms with Gasteiger partial charge in [-0.25, -0.2) is 4.98 Å². The number of nitrogens with zero attached hydrogens (tertiary/aromatic N) is 2. The summed E-state index contributed by atoms with van der Waals surface area (Å²) in [5.41, 5.74) is 3.06. The molecule has 30 heavy (non-hydrogen) atoms. The van der Waals surface area contributed by atoms with Crippen molar-refractivity contribution >= 4 is 28.5 Å². The molecular formula is C24H23N3O2S. The molecule has 1 N–H and O–H groups in total. The number of rotatable bonds is 7. The Bertz CT molecular complexity index is 1110. The first-order chi connectivity index (χ1) is 14.4. The molecule has 0 aliphatic carbocycles. The van der Waals surface area contributed by atoms with Gasteiger partial charge in [0.05, 0.1) is 6.10 Å². The molecule has 1 heterocycles. The van der Waals surface area contributed by atoms with Gasteiger partial charge < -0.3 is 4.74 Å². The zero-order chi connectivity index (χ0) is 21.5. The third-order valence-corrected chi connectivity index (χ3v) is 5.09. The Kier molecular flexibility index (Phi) is 6.99. The number of thiazole rings is 1. The maximum atomic E-state index is 12.6. The number of hydrogen-bond acceptors (Lipinski definition) is 5. The smallest absolute Gasteiger partial charge is 0.268 e. The summed E-state index contributed by atoms with van der Waals surface area (Å²) < 4.78 is 5.76. The van der Waals surface area contributed by atoms with E-state index in [1.165, 1.54) is 28.5 Å². The van der Waals surface area contributed by atoms with Gasteiger partial charge in [0.1, 0.15) is 17.4 Å². The summed E-state index contributed by atoms with van der Waals surface area (Å²) >= 11 is 1.40. The highest BCUT2D eigenvalue weighted by molar-refractivity contribution is 7.15. The molecule has 3 rings (SSSR count). The van der Waals surface area contributed by atoms with Crippen LogP contribution in [0, 0.1) is 18.3 Å². The Morgan fingerprint density at radius 2 is 2.07 bits per heavy atom. The van der Waals surface area contributed by atoms with Crippen LogP contribution in [0.15, 0.2) is 60.3 Å². The van der Waals surface area contributed by atoms with E-state index in [1.807, 2.05) is 50.2 Å². The lowest BCUT2D eigenvalue weighted by atomic mass is 10.1. The van der Waals surface area contributed by atoms with Crippen LogP contribution in [0.25, 0.3) is 6.08 Å². The number of nitriles is 1. The number of amides is 1. The molecule has 1 aromatic heterocycles. The third kappa shape index (κ3) is 5.79. The van der Waals surface area contributed by atoms with Crippen LogP contribution in [0.2, 0.25) is 0 Å². The van der Waals surface area contributed by atoms with Crippen LogP contribution < -0.4 is 10.1 Å². The van der Waals surface area contributed by atoms with Crippen molar-refractivity contribution in [1.29, 1.82) is 5.26 Å². The van der Waals surface area contributed by atoms with E-state index in [4.69, 9.17) is 4.74 Å². The number of nitrogens with one attached hydrogen (secondary N) is 1. The summed E-state index contributed by atoms with van der Waals surface area (Å²) in [6.07, 6.45) is 4.02. The minimum absolute atomic E-state index is 0.00904. The maximum Gasteiger partial charge on any atom is 0.268 e. The van der Waals surface area contributed by atoms with Gasteiger partial charge in [-0.3, -0.25) is 10.1 Å². The van der Waals surface area contributed by atoms with Crippen molar-refractivity contribution in [1.82, 2.24) is 4.98 Å². The lowest BCUT2D eigenvalue weighted by Crippen LogP contribution is -2.13. The van der Waals surface area contributed by atoms with Crippen LogP contribution in [0.4, 0.5) is 5.13 Å². The van der Waals surface area contributed by atoms with Crippen LogP contribution in [-0.2, 0) is 11.2 Å². The topological polar surface area (TPSA) is 75.0 Å². The average Bonchev–Trinajstić information content (AvgIpc) is 3.13. The number of carbonyl (C=O) groups excluding carboxylic acids is 1. The molecule has 1 amide bonds. The van der Waals surface area contributed by atoms with Crippen LogP contribution >= 0.6 is 11.3 Å². The summed E-state index contributed by atoms with van der Waals surface area (Å²) in [5.74, 6) is 0.135. The fourth-order valence-corrected chi connectivity index (χ4v) is 3.74. The molecule has 6 heteroatoms. The van der Waals surface area contributed by atoms with Crippen LogP contribution in [0.1, 0.15) is 35.4 Å². The number of aromatic nitrogens is 1. The number of hydrogen-bond donors (Lipinski definition) is 1. The zero-order valence-electron chi connectivity index (χ0n) is 17.2. The molecule has 0 saturated carbocycles. The van der Waals surface area contributed by atoms with E-state index in [-0.39, 0.29) is 11.7 Å². The number of ether oxygens (including phenoxy) is 1. The van der Waals surface area contributed by atoms with E-state index < -0.39 is 5.91 Å². The van der Waals surface area contributed by atoms with Crippen molar-refractivity contribution in [2.75, 3.05) is 5.32 Å². The van der Waals surface area contributed by atoms with E-state index >= 15 is 0 Å². The van der Waals surface area contributed by atoms with E-state index in [2.05, 4.69) is 35.4 Å².